The Labute approximate surface area is 97.5 Å². The van der Waals surface area contributed by atoms with Crippen molar-refractivity contribution in [3.63, 3.8) is 0 Å². The summed E-state index contributed by atoms with van der Waals surface area (Å²) in [5, 5.41) is 8.32. The molecule has 96 valence electrons. The van der Waals surface area contributed by atoms with Gasteiger partial charge in [0.2, 0.25) is 0 Å². The molecule has 0 radical (unpaired) electrons. The number of nitrogens with zero attached hydrogens (tertiary/aromatic N) is 2. The second-order valence-corrected chi connectivity index (χ2v) is 6.68. The third-order valence-corrected chi connectivity index (χ3v) is 3.83. The molecule has 16 heavy (non-hydrogen) atoms. The lowest BCUT2D eigenvalue weighted by Gasteiger charge is -2.25. The second kappa shape index (κ2) is 5.39. The summed E-state index contributed by atoms with van der Waals surface area (Å²) in [5.74, 6) is 0. The van der Waals surface area contributed by atoms with Gasteiger partial charge in [0.25, 0.3) is 0 Å². The van der Waals surface area contributed by atoms with Gasteiger partial charge in [-0.2, -0.15) is 10.2 Å². The molecule has 0 saturated carbocycles. The van der Waals surface area contributed by atoms with Crippen LogP contribution in [0.25, 0.3) is 0 Å². The molecule has 0 heterocycles. The van der Waals surface area contributed by atoms with Crippen LogP contribution in [0.4, 0.5) is 0 Å². The minimum Gasteiger partial charge on any atom is -0.324 e. The summed E-state index contributed by atoms with van der Waals surface area (Å²) < 4.78 is 11.0. The highest BCUT2D eigenvalue weighted by molar-refractivity contribution is 7.51. The van der Waals surface area contributed by atoms with Crippen LogP contribution in [-0.2, 0) is 4.57 Å². The highest BCUT2D eigenvalue weighted by Crippen LogP contribution is 2.41. The summed E-state index contributed by atoms with van der Waals surface area (Å²) in [6, 6.07) is 0. The van der Waals surface area contributed by atoms with Crippen molar-refractivity contribution in [1.82, 2.24) is 0 Å². The van der Waals surface area contributed by atoms with E-state index in [0.29, 0.717) is 6.42 Å². The zero-order valence-corrected chi connectivity index (χ0v) is 11.7. The SMILES string of the molecule is CCC(C)(C)N=NC(C)(CC)CP(=O)(O)O. The predicted molar refractivity (Wildman–Crippen MR) is 64.8 cm³/mol. The Kier molecular flexibility index (Phi) is 5.30. The van der Waals surface area contributed by atoms with E-state index in [1.807, 2.05) is 27.7 Å². The summed E-state index contributed by atoms with van der Waals surface area (Å²) >= 11 is 0. The molecule has 0 fully saturated rings. The summed E-state index contributed by atoms with van der Waals surface area (Å²) in [6.07, 6.45) is 1.15. The van der Waals surface area contributed by atoms with E-state index in [0.717, 1.165) is 6.42 Å². The van der Waals surface area contributed by atoms with Crippen LogP contribution in [0.1, 0.15) is 47.5 Å². The summed E-state index contributed by atoms with van der Waals surface area (Å²) in [6.45, 7) is 9.48. The van der Waals surface area contributed by atoms with Crippen LogP contribution in [0.5, 0.6) is 0 Å². The van der Waals surface area contributed by atoms with Gasteiger partial charge in [0.15, 0.2) is 0 Å². The fraction of sp³-hybridized carbons (Fsp3) is 1.00. The molecule has 6 heteroatoms. The molecule has 0 aromatic carbocycles. The van der Waals surface area contributed by atoms with E-state index < -0.39 is 13.1 Å². The standard InChI is InChI=1S/C10H23N2O3P/c1-6-9(3,4)11-12-10(5,7-2)8-16(13,14)15/h6-8H2,1-5H3,(H2,13,14,15). The van der Waals surface area contributed by atoms with Gasteiger partial charge < -0.3 is 9.79 Å². The number of azo groups is 1. The van der Waals surface area contributed by atoms with Crippen LogP contribution in [0.2, 0.25) is 0 Å². The molecular weight excluding hydrogens is 227 g/mol. The van der Waals surface area contributed by atoms with Gasteiger partial charge in [0.05, 0.1) is 17.2 Å². The van der Waals surface area contributed by atoms with E-state index in [1.54, 1.807) is 6.92 Å². The normalized spacial score (nSPS) is 17.7. The van der Waals surface area contributed by atoms with Crippen molar-refractivity contribution < 1.29 is 14.4 Å². The zero-order chi connectivity index (χ0) is 13.0. The highest BCUT2D eigenvalue weighted by Gasteiger charge is 2.32. The third kappa shape index (κ3) is 6.36. The van der Waals surface area contributed by atoms with E-state index in [4.69, 9.17) is 9.79 Å². The predicted octanol–water partition coefficient (Wildman–Crippen LogP) is 2.97. The van der Waals surface area contributed by atoms with Crippen molar-refractivity contribution in [3.8, 4) is 0 Å². The summed E-state index contributed by atoms with van der Waals surface area (Å²) in [4.78, 5) is 18.0. The smallest absolute Gasteiger partial charge is 0.324 e. The first-order valence-electron chi connectivity index (χ1n) is 5.52. The molecule has 0 aliphatic rings. The lowest BCUT2D eigenvalue weighted by Crippen LogP contribution is -2.27. The lowest BCUT2D eigenvalue weighted by atomic mass is 10.0. The van der Waals surface area contributed by atoms with E-state index in [1.165, 1.54) is 0 Å². The molecular formula is C10H23N2O3P. The fourth-order valence-electron chi connectivity index (χ4n) is 0.985. The van der Waals surface area contributed by atoms with Crippen molar-refractivity contribution in [2.24, 2.45) is 10.2 Å². The second-order valence-electron chi connectivity index (χ2n) is 5.04. The van der Waals surface area contributed by atoms with Gasteiger partial charge in [0.1, 0.15) is 0 Å². The Hall–Kier alpha value is -0.250. The van der Waals surface area contributed by atoms with Crippen LogP contribution in [-0.4, -0.2) is 27.0 Å². The third-order valence-electron chi connectivity index (χ3n) is 2.74. The summed E-state index contributed by atoms with van der Waals surface area (Å²) in [5.41, 5.74) is -1.04. The minimum absolute atomic E-state index is 0.250. The molecule has 1 unspecified atom stereocenters. The highest BCUT2D eigenvalue weighted by atomic mass is 31.2. The number of hydrogen-bond donors (Lipinski definition) is 2. The van der Waals surface area contributed by atoms with Gasteiger partial charge in [-0.1, -0.05) is 13.8 Å². The Morgan fingerprint density at radius 2 is 1.56 bits per heavy atom. The van der Waals surface area contributed by atoms with E-state index in [2.05, 4.69) is 10.2 Å². The molecule has 0 rings (SSSR count). The van der Waals surface area contributed by atoms with Crippen molar-refractivity contribution >= 4 is 7.60 Å². The summed E-state index contributed by atoms with van der Waals surface area (Å²) in [7, 11) is -4.05. The largest absolute Gasteiger partial charge is 0.328 e. The minimum atomic E-state index is -4.05. The molecule has 0 aliphatic heterocycles. The Morgan fingerprint density at radius 3 is 1.88 bits per heavy atom. The maximum atomic E-state index is 11.0. The average Bonchev–Trinajstić information content (AvgIpc) is 2.13. The van der Waals surface area contributed by atoms with Gasteiger partial charge in [-0.05, 0) is 33.6 Å². The molecule has 5 nitrogen and oxygen atoms in total. The van der Waals surface area contributed by atoms with Crippen LogP contribution in [0.3, 0.4) is 0 Å². The molecule has 0 spiro atoms. The maximum Gasteiger partial charge on any atom is 0.328 e. The average molecular weight is 250 g/mol. The fourth-order valence-corrected chi connectivity index (χ4v) is 2.16. The van der Waals surface area contributed by atoms with Gasteiger partial charge in [-0.25, -0.2) is 0 Å². The van der Waals surface area contributed by atoms with Gasteiger partial charge in [0, 0.05) is 0 Å². The number of hydrogen-bond acceptors (Lipinski definition) is 3. The molecule has 1 atom stereocenters. The molecule has 2 N–H and O–H groups in total. The van der Waals surface area contributed by atoms with Gasteiger partial charge in [-0.3, -0.25) is 4.57 Å². The van der Waals surface area contributed by atoms with E-state index in [9.17, 15) is 4.57 Å². The molecule has 0 aromatic heterocycles. The topological polar surface area (TPSA) is 82.2 Å². The van der Waals surface area contributed by atoms with Crippen molar-refractivity contribution in [3.05, 3.63) is 0 Å². The molecule has 0 amide bonds. The number of rotatable bonds is 6. The van der Waals surface area contributed by atoms with Crippen molar-refractivity contribution in [2.75, 3.05) is 6.16 Å². The van der Waals surface area contributed by atoms with Gasteiger partial charge in [-0.15, -0.1) is 0 Å². The first-order valence-corrected chi connectivity index (χ1v) is 7.32. The molecule has 0 bridgehead atoms. The van der Waals surface area contributed by atoms with Crippen molar-refractivity contribution in [1.29, 1.82) is 0 Å². The zero-order valence-electron chi connectivity index (χ0n) is 10.8. The Morgan fingerprint density at radius 1 is 1.06 bits per heavy atom. The first-order chi connectivity index (χ1) is 7.04. The van der Waals surface area contributed by atoms with E-state index >= 15 is 0 Å². The molecule has 0 saturated heterocycles. The quantitative estimate of drug-likeness (QED) is 0.561. The lowest BCUT2D eigenvalue weighted by molar-refractivity contribution is 0.342. The maximum absolute atomic E-state index is 11.0. The van der Waals surface area contributed by atoms with Crippen LogP contribution >= 0.6 is 7.60 Å². The Balaban J connectivity index is 4.80. The monoisotopic (exact) mass is 250 g/mol. The molecule has 0 aromatic rings. The Bertz CT molecular complexity index is 298. The van der Waals surface area contributed by atoms with Crippen LogP contribution in [0, 0.1) is 0 Å². The molecule has 0 aliphatic carbocycles. The van der Waals surface area contributed by atoms with Gasteiger partial charge >= 0.3 is 7.60 Å². The first kappa shape index (κ1) is 15.8. The van der Waals surface area contributed by atoms with Crippen LogP contribution < -0.4 is 0 Å². The van der Waals surface area contributed by atoms with Crippen LogP contribution in [0.15, 0.2) is 10.2 Å². The van der Waals surface area contributed by atoms with E-state index in [-0.39, 0.29) is 11.7 Å². The van der Waals surface area contributed by atoms with Crippen molar-refractivity contribution in [2.45, 2.75) is 58.5 Å².